The number of aliphatic hydroxyl groups excluding tert-OH is 1. The smallest absolute Gasteiger partial charge is 0.0547 e. The average molecular weight is 180 g/mol. The predicted octanol–water partition coefficient (Wildman–Crippen LogP) is 1.85. The SMILES string of the molecule is CCSCCSC(C)CO. The van der Waals surface area contributed by atoms with Gasteiger partial charge in [0.15, 0.2) is 0 Å². The zero-order valence-electron chi connectivity index (χ0n) is 6.67. The van der Waals surface area contributed by atoms with Gasteiger partial charge in [0.2, 0.25) is 0 Å². The van der Waals surface area contributed by atoms with E-state index >= 15 is 0 Å². The summed E-state index contributed by atoms with van der Waals surface area (Å²) in [5.41, 5.74) is 0. The lowest BCUT2D eigenvalue weighted by Crippen LogP contribution is -2.03. The van der Waals surface area contributed by atoms with E-state index < -0.39 is 0 Å². The Morgan fingerprint density at radius 1 is 1.40 bits per heavy atom. The van der Waals surface area contributed by atoms with Crippen molar-refractivity contribution in [1.82, 2.24) is 0 Å². The molecule has 0 rings (SSSR count). The third kappa shape index (κ3) is 6.78. The van der Waals surface area contributed by atoms with Gasteiger partial charge < -0.3 is 5.11 Å². The molecule has 3 heteroatoms. The topological polar surface area (TPSA) is 20.2 Å². The summed E-state index contributed by atoms with van der Waals surface area (Å²) in [5.74, 6) is 3.58. The van der Waals surface area contributed by atoms with E-state index in [1.165, 1.54) is 17.3 Å². The monoisotopic (exact) mass is 180 g/mol. The van der Waals surface area contributed by atoms with Crippen molar-refractivity contribution in [2.24, 2.45) is 0 Å². The summed E-state index contributed by atoms with van der Waals surface area (Å²) in [6.45, 7) is 4.54. The fourth-order valence-electron chi connectivity index (χ4n) is 0.505. The molecule has 0 aromatic rings. The quantitative estimate of drug-likeness (QED) is 0.630. The zero-order valence-corrected chi connectivity index (χ0v) is 8.30. The lowest BCUT2D eigenvalue weighted by molar-refractivity contribution is 0.300. The summed E-state index contributed by atoms with van der Waals surface area (Å²) in [6.07, 6.45) is 0. The van der Waals surface area contributed by atoms with Gasteiger partial charge in [0.25, 0.3) is 0 Å². The van der Waals surface area contributed by atoms with Crippen molar-refractivity contribution < 1.29 is 5.11 Å². The van der Waals surface area contributed by atoms with Crippen molar-refractivity contribution in [2.75, 3.05) is 23.9 Å². The van der Waals surface area contributed by atoms with Gasteiger partial charge in [0.1, 0.15) is 0 Å². The first-order valence-electron chi connectivity index (χ1n) is 3.61. The summed E-state index contributed by atoms with van der Waals surface area (Å²) < 4.78 is 0. The molecule has 0 saturated heterocycles. The maximum Gasteiger partial charge on any atom is 0.0547 e. The molecule has 0 aromatic carbocycles. The van der Waals surface area contributed by atoms with E-state index in [2.05, 4.69) is 13.8 Å². The minimum absolute atomic E-state index is 0.307. The van der Waals surface area contributed by atoms with Crippen molar-refractivity contribution in [3.63, 3.8) is 0 Å². The molecule has 0 aliphatic carbocycles. The molecule has 0 spiro atoms. The third-order valence-electron chi connectivity index (χ3n) is 1.09. The average Bonchev–Trinajstić information content (AvgIpc) is 1.98. The molecule has 0 amide bonds. The zero-order chi connectivity index (χ0) is 7.82. The molecule has 0 heterocycles. The van der Waals surface area contributed by atoms with Crippen LogP contribution < -0.4 is 0 Å². The fraction of sp³-hybridized carbons (Fsp3) is 1.00. The first kappa shape index (κ1) is 10.7. The Bertz CT molecular complexity index is 68.6. The number of hydrogen-bond acceptors (Lipinski definition) is 3. The number of thioether (sulfide) groups is 2. The van der Waals surface area contributed by atoms with Crippen LogP contribution in [-0.2, 0) is 0 Å². The van der Waals surface area contributed by atoms with Crippen LogP contribution in [0.3, 0.4) is 0 Å². The molecule has 1 nitrogen and oxygen atoms in total. The van der Waals surface area contributed by atoms with E-state index in [1.807, 2.05) is 23.5 Å². The molecule has 0 saturated carbocycles. The van der Waals surface area contributed by atoms with Crippen LogP contribution in [0.4, 0.5) is 0 Å². The second kappa shape index (κ2) is 7.76. The lowest BCUT2D eigenvalue weighted by atomic mass is 10.5. The summed E-state index contributed by atoms with van der Waals surface area (Å²) in [4.78, 5) is 0. The maximum absolute atomic E-state index is 8.66. The van der Waals surface area contributed by atoms with Crippen molar-refractivity contribution in [3.05, 3.63) is 0 Å². The van der Waals surface area contributed by atoms with E-state index in [4.69, 9.17) is 5.11 Å². The molecule has 1 N–H and O–H groups in total. The normalized spacial score (nSPS) is 13.5. The Kier molecular flexibility index (Phi) is 8.28. The van der Waals surface area contributed by atoms with Crippen LogP contribution in [0.15, 0.2) is 0 Å². The van der Waals surface area contributed by atoms with E-state index in [1.54, 1.807) is 0 Å². The third-order valence-corrected chi connectivity index (χ3v) is 3.41. The highest BCUT2D eigenvalue weighted by Crippen LogP contribution is 2.11. The second-order valence-electron chi connectivity index (χ2n) is 2.06. The van der Waals surface area contributed by atoms with Crippen LogP contribution in [0.25, 0.3) is 0 Å². The van der Waals surface area contributed by atoms with Crippen molar-refractivity contribution >= 4 is 23.5 Å². The van der Waals surface area contributed by atoms with Gasteiger partial charge in [0.05, 0.1) is 6.61 Å². The standard InChI is InChI=1S/C7H16OS2/c1-3-9-4-5-10-7(2)6-8/h7-8H,3-6H2,1-2H3. The van der Waals surface area contributed by atoms with E-state index in [-0.39, 0.29) is 0 Å². The summed E-state index contributed by atoms with van der Waals surface area (Å²) in [6, 6.07) is 0. The molecule has 0 fully saturated rings. The predicted molar refractivity (Wildman–Crippen MR) is 52.0 cm³/mol. The molecule has 1 atom stereocenters. The minimum atomic E-state index is 0.307. The Morgan fingerprint density at radius 2 is 2.10 bits per heavy atom. The highest BCUT2D eigenvalue weighted by atomic mass is 32.2. The second-order valence-corrected chi connectivity index (χ2v) is 5.00. The molecular formula is C7H16OS2. The van der Waals surface area contributed by atoms with Gasteiger partial charge in [-0.1, -0.05) is 13.8 Å². The van der Waals surface area contributed by atoms with E-state index in [0.29, 0.717) is 11.9 Å². The summed E-state index contributed by atoms with van der Waals surface area (Å²) >= 11 is 3.80. The number of hydrogen-bond donors (Lipinski definition) is 1. The molecule has 0 aliphatic heterocycles. The Morgan fingerprint density at radius 3 is 2.60 bits per heavy atom. The first-order valence-corrected chi connectivity index (χ1v) is 5.81. The highest BCUT2D eigenvalue weighted by Gasteiger charge is 1.97. The Balaban J connectivity index is 2.89. The van der Waals surface area contributed by atoms with Gasteiger partial charge >= 0.3 is 0 Å². The van der Waals surface area contributed by atoms with Gasteiger partial charge in [0, 0.05) is 16.8 Å². The van der Waals surface area contributed by atoms with Gasteiger partial charge in [-0.2, -0.15) is 23.5 Å². The van der Waals surface area contributed by atoms with Crippen LogP contribution in [0.2, 0.25) is 0 Å². The summed E-state index contributed by atoms with van der Waals surface area (Å²) in [5, 5.41) is 9.08. The fourth-order valence-corrected chi connectivity index (χ4v) is 2.16. The van der Waals surface area contributed by atoms with Crippen LogP contribution >= 0.6 is 23.5 Å². The lowest BCUT2D eigenvalue weighted by Gasteiger charge is -2.05. The Hall–Kier alpha value is 0.660. The molecule has 0 bridgehead atoms. The van der Waals surface area contributed by atoms with Gasteiger partial charge in [-0.05, 0) is 5.75 Å². The van der Waals surface area contributed by atoms with Crippen molar-refractivity contribution in [3.8, 4) is 0 Å². The van der Waals surface area contributed by atoms with E-state index in [9.17, 15) is 0 Å². The first-order chi connectivity index (χ1) is 4.81. The highest BCUT2D eigenvalue weighted by molar-refractivity contribution is 8.03. The number of rotatable bonds is 6. The maximum atomic E-state index is 8.66. The van der Waals surface area contributed by atoms with Gasteiger partial charge in [-0.3, -0.25) is 0 Å². The molecule has 10 heavy (non-hydrogen) atoms. The molecule has 1 unspecified atom stereocenters. The van der Waals surface area contributed by atoms with Crippen LogP contribution in [0.5, 0.6) is 0 Å². The van der Waals surface area contributed by atoms with Crippen LogP contribution in [-0.4, -0.2) is 34.2 Å². The van der Waals surface area contributed by atoms with Gasteiger partial charge in [-0.15, -0.1) is 0 Å². The largest absolute Gasteiger partial charge is 0.395 e. The van der Waals surface area contributed by atoms with E-state index in [0.717, 1.165) is 0 Å². The molecule has 0 aliphatic rings. The molecule has 62 valence electrons. The molecule has 0 aromatic heterocycles. The van der Waals surface area contributed by atoms with Crippen molar-refractivity contribution in [1.29, 1.82) is 0 Å². The molecular weight excluding hydrogens is 164 g/mol. The van der Waals surface area contributed by atoms with Crippen molar-refractivity contribution in [2.45, 2.75) is 19.1 Å². The summed E-state index contributed by atoms with van der Waals surface area (Å²) in [7, 11) is 0. The minimum Gasteiger partial charge on any atom is -0.395 e. The number of aliphatic hydroxyl groups is 1. The van der Waals surface area contributed by atoms with Crippen LogP contribution in [0, 0.1) is 0 Å². The van der Waals surface area contributed by atoms with Gasteiger partial charge in [-0.25, -0.2) is 0 Å². The molecule has 0 radical (unpaired) electrons. The Labute approximate surface area is 72.0 Å². The van der Waals surface area contributed by atoms with Crippen LogP contribution in [0.1, 0.15) is 13.8 Å².